The highest BCUT2D eigenvalue weighted by molar-refractivity contribution is 6.30. The second kappa shape index (κ2) is 11.3. The van der Waals surface area contributed by atoms with Gasteiger partial charge in [-0.3, -0.25) is 9.80 Å². The number of urea groups is 2. The third-order valence-corrected chi connectivity index (χ3v) is 6.22. The average Bonchev–Trinajstić information content (AvgIpc) is 3.01. The number of halogens is 1. The van der Waals surface area contributed by atoms with E-state index in [1.165, 1.54) is 4.90 Å². The fraction of sp³-hybridized carbons (Fsp3) is 0.560. The normalized spacial score (nSPS) is 19.8. The standard InChI is InChI=1S/C25H36ClN5O4/c1-6-35-22(32)20-19(29(5)23(33)27-21(20)17-9-7-10-18(26)15-17)16-30-11-8-12-31(14-13-30)24(34)28-25(2,3)4/h7,9-10,15,21H,6,8,11-14,16H2,1-5H3,(H,27,33)(H,28,34). The van der Waals surface area contributed by atoms with Gasteiger partial charge in [0, 0.05) is 56.0 Å². The molecule has 2 heterocycles. The van der Waals surface area contributed by atoms with E-state index in [0.717, 1.165) is 13.0 Å². The second-order valence-electron chi connectivity index (χ2n) is 9.87. The molecule has 0 saturated carbocycles. The Labute approximate surface area is 212 Å². The molecule has 2 aliphatic heterocycles. The molecule has 0 radical (unpaired) electrons. The lowest BCUT2D eigenvalue weighted by atomic mass is 9.94. The summed E-state index contributed by atoms with van der Waals surface area (Å²) in [5.74, 6) is -0.472. The number of hydrogen-bond acceptors (Lipinski definition) is 5. The molecule has 1 atom stereocenters. The number of rotatable bonds is 5. The molecule has 1 aromatic carbocycles. The van der Waals surface area contributed by atoms with Crippen molar-refractivity contribution in [2.24, 2.45) is 0 Å². The summed E-state index contributed by atoms with van der Waals surface area (Å²) in [6.45, 7) is 10.8. The van der Waals surface area contributed by atoms with Crippen molar-refractivity contribution in [2.75, 3.05) is 46.4 Å². The Balaban J connectivity index is 1.88. The summed E-state index contributed by atoms with van der Waals surface area (Å²) in [6, 6.07) is 6.04. The van der Waals surface area contributed by atoms with Crippen molar-refractivity contribution in [1.29, 1.82) is 0 Å². The van der Waals surface area contributed by atoms with Gasteiger partial charge in [0.25, 0.3) is 0 Å². The van der Waals surface area contributed by atoms with Gasteiger partial charge in [0.2, 0.25) is 0 Å². The topological polar surface area (TPSA) is 94.2 Å². The van der Waals surface area contributed by atoms with Crippen LogP contribution in [0.2, 0.25) is 5.02 Å². The lowest BCUT2D eigenvalue weighted by Gasteiger charge is -2.36. The number of benzene rings is 1. The number of amides is 4. The van der Waals surface area contributed by atoms with Gasteiger partial charge in [-0.15, -0.1) is 0 Å². The van der Waals surface area contributed by atoms with Gasteiger partial charge < -0.3 is 20.3 Å². The maximum Gasteiger partial charge on any atom is 0.338 e. The minimum absolute atomic E-state index is 0.0824. The first-order chi connectivity index (χ1) is 16.5. The predicted octanol–water partition coefficient (Wildman–Crippen LogP) is 3.37. The van der Waals surface area contributed by atoms with Gasteiger partial charge in [0.15, 0.2) is 0 Å². The number of carbonyl (C=O) groups excluding carboxylic acids is 3. The van der Waals surface area contributed by atoms with Crippen molar-refractivity contribution in [1.82, 2.24) is 25.3 Å². The molecule has 10 heteroatoms. The zero-order valence-electron chi connectivity index (χ0n) is 21.2. The molecule has 9 nitrogen and oxygen atoms in total. The third-order valence-electron chi connectivity index (χ3n) is 5.99. The molecular weight excluding hydrogens is 470 g/mol. The van der Waals surface area contributed by atoms with Crippen molar-refractivity contribution in [3.05, 3.63) is 46.1 Å². The lowest BCUT2D eigenvalue weighted by molar-refractivity contribution is -0.139. The van der Waals surface area contributed by atoms with Crippen LogP contribution in [0.25, 0.3) is 0 Å². The molecule has 3 rings (SSSR count). The van der Waals surface area contributed by atoms with E-state index in [1.807, 2.05) is 31.7 Å². The molecule has 1 saturated heterocycles. The molecule has 2 N–H and O–H groups in total. The summed E-state index contributed by atoms with van der Waals surface area (Å²) >= 11 is 6.21. The van der Waals surface area contributed by atoms with Gasteiger partial charge in [-0.25, -0.2) is 14.4 Å². The summed E-state index contributed by atoms with van der Waals surface area (Å²) < 4.78 is 5.40. The summed E-state index contributed by atoms with van der Waals surface area (Å²) in [5.41, 5.74) is 1.38. The Hall–Kier alpha value is -2.78. The van der Waals surface area contributed by atoms with Crippen LogP contribution in [-0.2, 0) is 9.53 Å². The molecule has 35 heavy (non-hydrogen) atoms. The monoisotopic (exact) mass is 505 g/mol. The first-order valence-corrected chi connectivity index (χ1v) is 12.4. The van der Waals surface area contributed by atoms with Crippen LogP contribution in [0.4, 0.5) is 9.59 Å². The van der Waals surface area contributed by atoms with Crippen LogP contribution in [0.3, 0.4) is 0 Å². The fourth-order valence-electron chi connectivity index (χ4n) is 4.28. The Morgan fingerprint density at radius 1 is 1.20 bits per heavy atom. The number of carbonyl (C=O) groups is 3. The summed E-state index contributed by atoms with van der Waals surface area (Å²) in [7, 11) is 1.65. The molecule has 0 spiro atoms. The number of hydrogen-bond donors (Lipinski definition) is 2. The zero-order chi connectivity index (χ0) is 25.8. The molecular formula is C25H36ClN5O4. The molecule has 0 bridgehead atoms. The number of nitrogens with zero attached hydrogens (tertiary/aromatic N) is 3. The largest absolute Gasteiger partial charge is 0.463 e. The molecule has 192 valence electrons. The minimum Gasteiger partial charge on any atom is -0.463 e. The highest BCUT2D eigenvalue weighted by Gasteiger charge is 2.37. The lowest BCUT2D eigenvalue weighted by Crippen LogP contribution is -2.50. The van der Waals surface area contributed by atoms with Crippen molar-refractivity contribution in [2.45, 2.75) is 45.7 Å². The highest BCUT2D eigenvalue weighted by atomic mass is 35.5. The summed E-state index contributed by atoms with van der Waals surface area (Å²) in [5, 5.41) is 6.44. The van der Waals surface area contributed by atoms with E-state index in [4.69, 9.17) is 16.3 Å². The van der Waals surface area contributed by atoms with E-state index in [2.05, 4.69) is 15.5 Å². The van der Waals surface area contributed by atoms with Gasteiger partial charge in [-0.05, 0) is 51.8 Å². The van der Waals surface area contributed by atoms with Crippen LogP contribution in [0, 0.1) is 0 Å². The summed E-state index contributed by atoms with van der Waals surface area (Å²) in [4.78, 5) is 44.2. The van der Waals surface area contributed by atoms with E-state index >= 15 is 0 Å². The van der Waals surface area contributed by atoms with Crippen molar-refractivity contribution < 1.29 is 19.1 Å². The van der Waals surface area contributed by atoms with Crippen LogP contribution in [0.15, 0.2) is 35.5 Å². The maximum atomic E-state index is 13.1. The van der Waals surface area contributed by atoms with Crippen molar-refractivity contribution in [3.8, 4) is 0 Å². The van der Waals surface area contributed by atoms with E-state index < -0.39 is 12.0 Å². The molecule has 1 fully saturated rings. The smallest absolute Gasteiger partial charge is 0.338 e. The average molecular weight is 506 g/mol. The van der Waals surface area contributed by atoms with Gasteiger partial charge in [0.05, 0.1) is 18.2 Å². The first kappa shape index (κ1) is 26.8. The Morgan fingerprint density at radius 2 is 1.94 bits per heavy atom. The van der Waals surface area contributed by atoms with Crippen LogP contribution < -0.4 is 10.6 Å². The van der Waals surface area contributed by atoms with Crippen LogP contribution in [-0.4, -0.2) is 84.6 Å². The predicted molar refractivity (Wildman–Crippen MR) is 135 cm³/mol. The quantitative estimate of drug-likeness (QED) is 0.598. The Morgan fingerprint density at radius 3 is 2.60 bits per heavy atom. The second-order valence-corrected chi connectivity index (χ2v) is 10.3. The molecule has 1 unspecified atom stereocenters. The van der Waals surface area contributed by atoms with Crippen LogP contribution >= 0.6 is 11.6 Å². The number of esters is 1. The van der Waals surface area contributed by atoms with Gasteiger partial charge in [-0.1, -0.05) is 23.7 Å². The molecule has 4 amide bonds. The number of nitrogens with one attached hydrogen (secondary N) is 2. The number of ether oxygens (including phenoxy) is 1. The van der Waals surface area contributed by atoms with Gasteiger partial charge in [0.1, 0.15) is 0 Å². The third kappa shape index (κ3) is 6.89. The van der Waals surface area contributed by atoms with E-state index in [0.29, 0.717) is 48.0 Å². The number of likely N-dealkylation sites (N-methyl/N-ethyl adjacent to an activating group) is 1. The van der Waals surface area contributed by atoms with E-state index in [9.17, 15) is 14.4 Å². The fourth-order valence-corrected chi connectivity index (χ4v) is 4.48. The van der Waals surface area contributed by atoms with E-state index in [-0.39, 0.29) is 24.2 Å². The van der Waals surface area contributed by atoms with Crippen molar-refractivity contribution in [3.63, 3.8) is 0 Å². The van der Waals surface area contributed by atoms with Crippen LogP contribution in [0.5, 0.6) is 0 Å². The Kier molecular flexibility index (Phi) is 8.66. The highest BCUT2D eigenvalue weighted by Crippen LogP contribution is 2.32. The molecule has 1 aromatic rings. The molecule has 0 aliphatic carbocycles. The Bertz CT molecular complexity index is 990. The maximum absolute atomic E-state index is 13.1. The first-order valence-electron chi connectivity index (χ1n) is 12.0. The summed E-state index contributed by atoms with van der Waals surface area (Å²) in [6.07, 6.45) is 0.785. The van der Waals surface area contributed by atoms with Gasteiger partial charge in [-0.2, -0.15) is 0 Å². The zero-order valence-corrected chi connectivity index (χ0v) is 21.9. The van der Waals surface area contributed by atoms with Crippen LogP contribution in [0.1, 0.15) is 45.7 Å². The molecule has 2 aliphatic rings. The molecule has 0 aromatic heterocycles. The minimum atomic E-state index is -0.674. The van der Waals surface area contributed by atoms with Gasteiger partial charge >= 0.3 is 18.0 Å². The van der Waals surface area contributed by atoms with Crippen molar-refractivity contribution >= 4 is 29.6 Å². The SMILES string of the molecule is CCOC(=O)C1=C(CN2CCCN(C(=O)NC(C)(C)C)CC2)N(C)C(=O)NC1c1cccc(Cl)c1. The van der Waals surface area contributed by atoms with E-state index in [1.54, 1.807) is 32.2 Å².